The quantitative estimate of drug-likeness (QED) is 0.820. The van der Waals surface area contributed by atoms with Gasteiger partial charge in [0.25, 0.3) is 11.1 Å². The van der Waals surface area contributed by atoms with Crippen LogP contribution in [0.3, 0.4) is 0 Å². The lowest BCUT2D eigenvalue weighted by atomic mass is 10.1. The van der Waals surface area contributed by atoms with Crippen LogP contribution in [0.1, 0.15) is 16.7 Å². The molecule has 2 aliphatic heterocycles. The van der Waals surface area contributed by atoms with Crippen molar-refractivity contribution in [2.24, 2.45) is 0 Å². The zero-order valence-corrected chi connectivity index (χ0v) is 15.1. The van der Waals surface area contributed by atoms with Crippen LogP contribution in [0.25, 0.3) is 6.08 Å². The van der Waals surface area contributed by atoms with Crippen LogP contribution in [-0.4, -0.2) is 39.9 Å². The number of nitrogens with zero attached hydrogens (tertiary/aromatic N) is 2. The Morgan fingerprint density at radius 2 is 1.81 bits per heavy atom. The molecule has 1 N–H and O–H groups in total. The molecule has 0 bridgehead atoms. The molecule has 0 atom stereocenters. The van der Waals surface area contributed by atoms with Crippen molar-refractivity contribution in [1.82, 2.24) is 9.80 Å². The molecule has 2 heterocycles. The summed E-state index contributed by atoms with van der Waals surface area (Å²) in [5.74, 6) is -0.286. The Balaban J connectivity index is 1.43. The van der Waals surface area contributed by atoms with Crippen LogP contribution in [0, 0.1) is 11.2 Å². The van der Waals surface area contributed by atoms with Crippen molar-refractivity contribution in [2.75, 3.05) is 13.1 Å². The van der Waals surface area contributed by atoms with Crippen LogP contribution >= 0.6 is 11.8 Å². The molecule has 27 heavy (non-hydrogen) atoms. The topological polar surface area (TPSA) is 64.5 Å². The number of hydrogen-bond acceptors (Lipinski definition) is 4. The van der Waals surface area contributed by atoms with Gasteiger partial charge in [-0.2, -0.15) is 0 Å². The second kappa shape index (κ2) is 7.00. The summed E-state index contributed by atoms with van der Waals surface area (Å²) in [5, 5.41) is 7.94. The van der Waals surface area contributed by atoms with Gasteiger partial charge in [0.2, 0.25) is 0 Å². The summed E-state index contributed by atoms with van der Waals surface area (Å²) in [5.41, 5.74) is 2.63. The standard InChI is InChI=1S/C20H16FN3O2S/c21-15-7-5-13(6-8-15)11-17-19(25)24(20(26)27-17)10-9-23-12-14-3-1-2-4-16(14)18(23)22/h1-8,11,22H,9-10,12H2. The molecule has 2 aliphatic rings. The van der Waals surface area contributed by atoms with Crippen molar-refractivity contribution in [3.8, 4) is 0 Å². The summed E-state index contributed by atoms with van der Waals surface area (Å²) >= 11 is 0.884. The average Bonchev–Trinajstić information content (AvgIpc) is 3.12. The van der Waals surface area contributed by atoms with E-state index in [1.54, 1.807) is 18.2 Å². The van der Waals surface area contributed by atoms with Gasteiger partial charge in [-0.15, -0.1) is 0 Å². The van der Waals surface area contributed by atoms with Crippen LogP contribution in [0.4, 0.5) is 9.18 Å². The van der Waals surface area contributed by atoms with Gasteiger partial charge in [0.05, 0.1) is 4.91 Å². The molecule has 0 radical (unpaired) electrons. The largest absolute Gasteiger partial charge is 0.350 e. The Hall–Kier alpha value is -2.93. The fourth-order valence-corrected chi connectivity index (χ4v) is 4.02. The number of benzene rings is 2. The zero-order chi connectivity index (χ0) is 19.0. The molecule has 0 saturated carbocycles. The third kappa shape index (κ3) is 3.38. The maximum atomic E-state index is 13.0. The number of imide groups is 1. The van der Waals surface area contributed by atoms with E-state index in [4.69, 9.17) is 5.41 Å². The first-order valence-electron chi connectivity index (χ1n) is 8.45. The molecule has 0 aromatic heterocycles. The number of carbonyl (C=O) groups excluding carboxylic acids is 2. The first-order valence-corrected chi connectivity index (χ1v) is 9.27. The van der Waals surface area contributed by atoms with Gasteiger partial charge in [-0.3, -0.25) is 19.9 Å². The fourth-order valence-electron chi connectivity index (χ4n) is 3.16. The number of nitrogens with one attached hydrogen (secondary N) is 1. The van der Waals surface area contributed by atoms with Gasteiger partial charge < -0.3 is 4.90 Å². The van der Waals surface area contributed by atoms with Gasteiger partial charge in [-0.1, -0.05) is 36.4 Å². The van der Waals surface area contributed by atoms with Crippen molar-refractivity contribution in [2.45, 2.75) is 6.54 Å². The van der Waals surface area contributed by atoms with Crippen molar-refractivity contribution in [1.29, 1.82) is 5.41 Å². The minimum absolute atomic E-state index is 0.224. The number of carbonyl (C=O) groups is 2. The smallest absolute Gasteiger partial charge is 0.293 e. The molecule has 2 aromatic carbocycles. The molecule has 7 heteroatoms. The Labute approximate surface area is 160 Å². The Kier molecular flexibility index (Phi) is 4.53. The Morgan fingerprint density at radius 1 is 1.07 bits per heavy atom. The van der Waals surface area contributed by atoms with Crippen molar-refractivity contribution in [3.63, 3.8) is 0 Å². The minimum atomic E-state index is -0.352. The summed E-state index contributed by atoms with van der Waals surface area (Å²) in [7, 11) is 0. The predicted octanol–water partition coefficient (Wildman–Crippen LogP) is 3.70. The maximum Gasteiger partial charge on any atom is 0.293 e. The molecule has 0 unspecified atom stereocenters. The average molecular weight is 381 g/mol. The van der Waals surface area contributed by atoms with E-state index in [1.165, 1.54) is 17.0 Å². The summed E-state index contributed by atoms with van der Waals surface area (Å²) in [6.07, 6.45) is 1.60. The second-order valence-corrected chi connectivity index (χ2v) is 7.31. The van der Waals surface area contributed by atoms with Crippen molar-refractivity contribution < 1.29 is 14.0 Å². The number of thioether (sulfide) groups is 1. The lowest BCUT2D eigenvalue weighted by molar-refractivity contribution is -0.122. The molecule has 4 rings (SSSR count). The monoisotopic (exact) mass is 381 g/mol. The highest BCUT2D eigenvalue weighted by Crippen LogP contribution is 2.32. The summed E-state index contributed by atoms with van der Waals surface area (Å²) < 4.78 is 13.0. The van der Waals surface area contributed by atoms with Crippen LogP contribution in [0.15, 0.2) is 53.4 Å². The lowest BCUT2D eigenvalue weighted by Crippen LogP contribution is -2.37. The Morgan fingerprint density at radius 3 is 2.56 bits per heavy atom. The van der Waals surface area contributed by atoms with E-state index in [-0.39, 0.29) is 23.5 Å². The van der Waals surface area contributed by atoms with Gasteiger partial charge in [0, 0.05) is 25.2 Å². The number of halogens is 1. The van der Waals surface area contributed by atoms with E-state index in [2.05, 4.69) is 0 Å². The highest BCUT2D eigenvalue weighted by atomic mass is 32.2. The number of amides is 2. The van der Waals surface area contributed by atoms with E-state index in [0.717, 1.165) is 22.9 Å². The van der Waals surface area contributed by atoms with E-state index < -0.39 is 0 Å². The van der Waals surface area contributed by atoms with Gasteiger partial charge in [-0.25, -0.2) is 4.39 Å². The number of rotatable bonds is 4. The molecule has 1 fully saturated rings. The first kappa shape index (κ1) is 17.5. The van der Waals surface area contributed by atoms with E-state index in [0.29, 0.717) is 29.4 Å². The van der Waals surface area contributed by atoms with Gasteiger partial charge in [0.1, 0.15) is 11.7 Å². The van der Waals surface area contributed by atoms with Crippen molar-refractivity contribution in [3.05, 3.63) is 75.9 Å². The Bertz CT molecular complexity index is 971. The highest BCUT2D eigenvalue weighted by Gasteiger charge is 2.35. The van der Waals surface area contributed by atoms with E-state index in [9.17, 15) is 14.0 Å². The molecular weight excluding hydrogens is 365 g/mol. The first-order chi connectivity index (χ1) is 13.0. The molecule has 136 valence electrons. The fraction of sp³-hybridized carbons (Fsp3) is 0.150. The number of amidine groups is 1. The maximum absolute atomic E-state index is 13.0. The number of fused-ring (bicyclic) bond motifs is 1. The minimum Gasteiger partial charge on any atom is -0.350 e. The molecule has 1 saturated heterocycles. The highest BCUT2D eigenvalue weighted by molar-refractivity contribution is 8.18. The number of hydrogen-bond donors (Lipinski definition) is 1. The van der Waals surface area contributed by atoms with Crippen LogP contribution < -0.4 is 0 Å². The molecule has 2 amide bonds. The third-order valence-electron chi connectivity index (χ3n) is 4.58. The normalized spacial score (nSPS) is 18.0. The van der Waals surface area contributed by atoms with Crippen LogP contribution in [-0.2, 0) is 11.3 Å². The second-order valence-electron chi connectivity index (χ2n) is 6.31. The van der Waals surface area contributed by atoms with Gasteiger partial charge in [-0.05, 0) is 41.1 Å². The molecule has 0 aliphatic carbocycles. The molecule has 5 nitrogen and oxygen atoms in total. The van der Waals surface area contributed by atoms with Gasteiger partial charge >= 0.3 is 0 Å². The summed E-state index contributed by atoms with van der Waals surface area (Å²) in [6, 6.07) is 13.5. The van der Waals surface area contributed by atoms with Gasteiger partial charge in [0.15, 0.2) is 0 Å². The predicted molar refractivity (Wildman–Crippen MR) is 103 cm³/mol. The molecular formula is C20H16FN3O2S. The van der Waals surface area contributed by atoms with Crippen molar-refractivity contribution >= 4 is 34.8 Å². The van der Waals surface area contributed by atoms with Crippen LogP contribution in [0.2, 0.25) is 0 Å². The SMILES string of the molecule is N=C1c2ccccc2CN1CCN1C(=O)SC(=Cc2ccc(F)cc2)C1=O. The summed E-state index contributed by atoms with van der Waals surface area (Å²) in [6.45, 7) is 1.24. The lowest BCUT2D eigenvalue weighted by Gasteiger charge is -2.21. The third-order valence-corrected chi connectivity index (χ3v) is 5.49. The molecule has 2 aromatic rings. The summed E-state index contributed by atoms with van der Waals surface area (Å²) in [4.78, 5) is 28.2. The van der Waals surface area contributed by atoms with E-state index in [1.807, 2.05) is 29.2 Å². The van der Waals surface area contributed by atoms with Crippen LogP contribution in [0.5, 0.6) is 0 Å². The molecule has 0 spiro atoms. The zero-order valence-electron chi connectivity index (χ0n) is 14.3. The van der Waals surface area contributed by atoms with E-state index >= 15 is 0 Å².